The summed E-state index contributed by atoms with van der Waals surface area (Å²) in [7, 11) is 0. The lowest BCUT2D eigenvalue weighted by molar-refractivity contribution is 0.833. The highest BCUT2D eigenvalue weighted by atomic mass is 32.2. The number of hydrogen-bond donors (Lipinski definition) is 0. The van der Waals surface area contributed by atoms with Gasteiger partial charge >= 0.3 is 0 Å². The molecule has 0 radical (unpaired) electrons. The summed E-state index contributed by atoms with van der Waals surface area (Å²) in [5.74, 6) is 0.725. The Morgan fingerprint density at radius 2 is 2.00 bits per heavy atom. The number of nitrogens with zero attached hydrogens (tertiary/aromatic N) is 4. The Kier molecular flexibility index (Phi) is 2.78. The lowest BCUT2D eigenvalue weighted by Crippen LogP contribution is -1.97. The second-order valence-corrected chi connectivity index (χ2v) is 5.94. The number of aromatic nitrogens is 4. The molecule has 17 heavy (non-hydrogen) atoms. The van der Waals surface area contributed by atoms with Crippen molar-refractivity contribution in [2.24, 2.45) is 0 Å². The van der Waals surface area contributed by atoms with E-state index in [1.54, 1.807) is 0 Å². The van der Waals surface area contributed by atoms with Crippen LogP contribution >= 0.6 is 11.8 Å². The first-order valence-corrected chi connectivity index (χ1v) is 6.98. The maximum atomic E-state index is 4.52. The second-order valence-electron chi connectivity index (χ2n) is 4.67. The van der Waals surface area contributed by atoms with E-state index >= 15 is 0 Å². The molecule has 2 aromatic heterocycles. The summed E-state index contributed by atoms with van der Waals surface area (Å²) in [6, 6.07) is 2.03. The van der Waals surface area contributed by atoms with E-state index in [-0.39, 0.29) is 0 Å². The fraction of sp³-hybridized carbons (Fsp3) is 0.583. The smallest absolute Gasteiger partial charge is 0.216 e. The molecule has 1 fully saturated rings. The first-order chi connectivity index (χ1) is 8.22. The lowest BCUT2D eigenvalue weighted by Gasteiger charge is -2.02. The van der Waals surface area contributed by atoms with Gasteiger partial charge in [0.2, 0.25) is 5.16 Å². The fourth-order valence-corrected chi connectivity index (χ4v) is 3.48. The molecular weight excluding hydrogens is 232 g/mol. The molecule has 0 aromatic carbocycles. The first-order valence-electron chi connectivity index (χ1n) is 6.10. The summed E-state index contributed by atoms with van der Waals surface area (Å²) in [5.41, 5.74) is 2.10. The third kappa shape index (κ3) is 2.16. The Balaban J connectivity index is 1.93. The fourth-order valence-electron chi connectivity index (χ4n) is 2.35. The SMILES string of the molecule is Cc1cc(C)n2nc(SC3CCCC3)nc2n1. The summed E-state index contributed by atoms with van der Waals surface area (Å²) in [4.78, 5) is 8.91. The van der Waals surface area contributed by atoms with Gasteiger partial charge in [-0.1, -0.05) is 24.6 Å². The highest BCUT2D eigenvalue weighted by molar-refractivity contribution is 7.99. The van der Waals surface area contributed by atoms with Crippen molar-refractivity contribution in [3.8, 4) is 0 Å². The number of rotatable bonds is 2. The van der Waals surface area contributed by atoms with E-state index in [2.05, 4.69) is 15.1 Å². The standard InChI is InChI=1S/C12H16N4S/c1-8-7-9(2)16-11(13-8)14-12(15-16)17-10-5-3-4-6-10/h7,10H,3-6H2,1-2H3. The van der Waals surface area contributed by atoms with Gasteiger partial charge in [0.1, 0.15) is 0 Å². The summed E-state index contributed by atoms with van der Waals surface area (Å²) >= 11 is 1.81. The maximum Gasteiger partial charge on any atom is 0.253 e. The van der Waals surface area contributed by atoms with Crippen LogP contribution in [-0.2, 0) is 0 Å². The van der Waals surface area contributed by atoms with Crippen molar-refractivity contribution in [1.29, 1.82) is 0 Å². The molecule has 0 atom stereocenters. The van der Waals surface area contributed by atoms with Crippen LogP contribution in [0.3, 0.4) is 0 Å². The van der Waals surface area contributed by atoms with E-state index in [0.29, 0.717) is 5.25 Å². The molecule has 0 spiro atoms. The van der Waals surface area contributed by atoms with Gasteiger partial charge in [-0.25, -0.2) is 9.50 Å². The Labute approximate surface area is 105 Å². The van der Waals surface area contributed by atoms with Gasteiger partial charge in [-0.05, 0) is 32.8 Å². The minimum Gasteiger partial charge on any atom is -0.216 e. The van der Waals surface area contributed by atoms with Gasteiger partial charge in [-0.3, -0.25) is 0 Å². The van der Waals surface area contributed by atoms with Crippen LogP contribution in [0.4, 0.5) is 0 Å². The number of thioether (sulfide) groups is 1. The quantitative estimate of drug-likeness (QED) is 0.819. The summed E-state index contributed by atoms with van der Waals surface area (Å²) in [5, 5.41) is 6.10. The molecule has 90 valence electrons. The predicted octanol–water partition coefficient (Wildman–Crippen LogP) is 2.78. The molecule has 1 aliphatic rings. The molecule has 2 heterocycles. The zero-order chi connectivity index (χ0) is 11.8. The van der Waals surface area contributed by atoms with E-state index in [1.807, 2.05) is 36.2 Å². The zero-order valence-electron chi connectivity index (χ0n) is 10.2. The Morgan fingerprint density at radius 1 is 1.24 bits per heavy atom. The topological polar surface area (TPSA) is 43.1 Å². The molecule has 0 amide bonds. The Morgan fingerprint density at radius 3 is 2.76 bits per heavy atom. The van der Waals surface area contributed by atoms with Gasteiger partial charge in [0, 0.05) is 16.6 Å². The van der Waals surface area contributed by atoms with E-state index < -0.39 is 0 Å². The van der Waals surface area contributed by atoms with Crippen molar-refractivity contribution in [3.63, 3.8) is 0 Å². The van der Waals surface area contributed by atoms with Crippen LogP contribution in [0.25, 0.3) is 5.78 Å². The van der Waals surface area contributed by atoms with Gasteiger partial charge in [0.15, 0.2) is 0 Å². The molecule has 1 saturated carbocycles. The molecule has 0 bridgehead atoms. The highest BCUT2D eigenvalue weighted by Crippen LogP contribution is 2.33. The van der Waals surface area contributed by atoms with E-state index in [1.165, 1.54) is 25.7 Å². The van der Waals surface area contributed by atoms with Crippen molar-refractivity contribution >= 4 is 17.5 Å². The number of hydrogen-bond acceptors (Lipinski definition) is 4. The molecular formula is C12H16N4S. The van der Waals surface area contributed by atoms with Gasteiger partial charge in [-0.2, -0.15) is 4.98 Å². The molecule has 0 N–H and O–H groups in total. The van der Waals surface area contributed by atoms with Crippen LogP contribution in [0.5, 0.6) is 0 Å². The van der Waals surface area contributed by atoms with Crippen LogP contribution in [0.15, 0.2) is 11.2 Å². The molecule has 4 nitrogen and oxygen atoms in total. The molecule has 0 aliphatic heterocycles. The van der Waals surface area contributed by atoms with Crippen molar-refractivity contribution in [1.82, 2.24) is 19.6 Å². The monoisotopic (exact) mass is 248 g/mol. The van der Waals surface area contributed by atoms with Crippen molar-refractivity contribution < 1.29 is 0 Å². The van der Waals surface area contributed by atoms with Crippen LogP contribution < -0.4 is 0 Å². The molecule has 0 saturated heterocycles. The summed E-state index contributed by atoms with van der Waals surface area (Å²) < 4.78 is 1.84. The number of fused-ring (bicyclic) bond motifs is 1. The number of aryl methyl sites for hydroxylation is 2. The van der Waals surface area contributed by atoms with Crippen LogP contribution in [-0.4, -0.2) is 24.8 Å². The molecule has 0 unspecified atom stereocenters. The maximum absolute atomic E-state index is 4.52. The highest BCUT2D eigenvalue weighted by Gasteiger charge is 2.19. The van der Waals surface area contributed by atoms with Crippen LogP contribution in [0.2, 0.25) is 0 Å². The lowest BCUT2D eigenvalue weighted by atomic mass is 10.4. The molecule has 5 heteroatoms. The summed E-state index contributed by atoms with van der Waals surface area (Å²) in [6.07, 6.45) is 5.29. The summed E-state index contributed by atoms with van der Waals surface area (Å²) in [6.45, 7) is 4.03. The van der Waals surface area contributed by atoms with Crippen molar-refractivity contribution in [2.75, 3.05) is 0 Å². The van der Waals surface area contributed by atoms with E-state index in [4.69, 9.17) is 0 Å². The minimum absolute atomic E-state index is 0.703. The van der Waals surface area contributed by atoms with Crippen LogP contribution in [0.1, 0.15) is 37.1 Å². The first kappa shape index (κ1) is 11.0. The van der Waals surface area contributed by atoms with Gasteiger partial charge < -0.3 is 0 Å². The third-order valence-electron chi connectivity index (χ3n) is 3.17. The Bertz CT molecular complexity index is 543. The van der Waals surface area contributed by atoms with Gasteiger partial charge in [0.25, 0.3) is 5.78 Å². The second kappa shape index (κ2) is 4.29. The third-order valence-corrected chi connectivity index (χ3v) is 4.36. The zero-order valence-corrected chi connectivity index (χ0v) is 11.0. The van der Waals surface area contributed by atoms with Crippen molar-refractivity contribution in [2.45, 2.75) is 49.9 Å². The van der Waals surface area contributed by atoms with Gasteiger partial charge in [0.05, 0.1) is 0 Å². The normalized spacial score (nSPS) is 17.1. The van der Waals surface area contributed by atoms with E-state index in [9.17, 15) is 0 Å². The van der Waals surface area contributed by atoms with Crippen molar-refractivity contribution in [3.05, 3.63) is 17.5 Å². The predicted molar refractivity (Wildman–Crippen MR) is 68.4 cm³/mol. The molecule has 2 aromatic rings. The van der Waals surface area contributed by atoms with Gasteiger partial charge in [-0.15, -0.1) is 5.10 Å². The molecule has 3 rings (SSSR count). The average molecular weight is 248 g/mol. The van der Waals surface area contributed by atoms with E-state index in [0.717, 1.165) is 22.3 Å². The largest absolute Gasteiger partial charge is 0.253 e. The minimum atomic E-state index is 0.703. The van der Waals surface area contributed by atoms with Crippen LogP contribution in [0, 0.1) is 13.8 Å². The average Bonchev–Trinajstić information content (AvgIpc) is 2.87. The Hall–Kier alpha value is -1.10. The molecule has 1 aliphatic carbocycles.